The van der Waals surface area contributed by atoms with Gasteiger partial charge >= 0.3 is 0 Å². The first-order chi connectivity index (χ1) is 16.2. The molecule has 0 unspecified atom stereocenters. The molecule has 164 valence electrons. The molecule has 1 saturated heterocycles. The Morgan fingerprint density at radius 2 is 1.67 bits per heavy atom. The van der Waals surface area contributed by atoms with Crippen molar-refractivity contribution in [1.82, 2.24) is 0 Å². The highest BCUT2D eigenvalue weighted by atomic mass is 16.5. The van der Waals surface area contributed by atoms with E-state index in [1.807, 2.05) is 12.2 Å². The molecule has 4 heteroatoms. The number of nitrogens with zero attached hydrogens (tertiary/aromatic N) is 3. The van der Waals surface area contributed by atoms with Crippen LogP contribution in [0.4, 0.5) is 5.69 Å². The highest BCUT2D eigenvalue weighted by Gasteiger charge is 2.42. The Kier molecular flexibility index (Phi) is 5.76. The standard InChI is InChI=1S/C29H27N3O/c1-31-28(21-30)25-17-27(33-29(20-25)18-23-7-3-4-8-24(23)19-29)14-11-22-9-12-26(13-10-22)32-15-5-2-6-16-32/h3-4,7-14,17H,2,5-6,15-16,18-20H2/b14-11+,28-25+. The van der Waals surface area contributed by atoms with Crippen molar-refractivity contribution in [2.45, 2.75) is 44.1 Å². The molecule has 3 aliphatic rings. The van der Waals surface area contributed by atoms with Crippen molar-refractivity contribution >= 4 is 11.8 Å². The van der Waals surface area contributed by atoms with Crippen LogP contribution in [0.15, 0.2) is 77.7 Å². The number of ether oxygens (including phenoxy) is 1. The van der Waals surface area contributed by atoms with Gasteiger partial charge in [0.05, 0.1) is 12.6 Å². The van der Waals surface area contributed by atoms with E-state index in [9.17, 15) is 5.26 Å². The lowest BCUT2D eigenvalue weighted by Gasteiger charge is -2.35. The fourth-order valence-electron chi connectivity index (χ4n) is 5.27. The van der Waals surface area contributed by atoms with Gasteiger partial charge in [0.2, 0.25) is 0 Å². The summed E-state index contributed by atoms with van der Waals surface area (Å²) in [6.45, 7) is 9.72. The predicted octanol–water partition coefficient (Wildman–Crippen LogP) is 6.23. The van der Waals surface area contributed by atoms with Gasteiger partial charge in [-0.25, -0.2) is 10.1 Å². The molecule has 1 fully saturated rings. The number of rotatable bonds is 3. The van der Waals surface area contributed by atoms with Crippen LogP contribution in [0.25, 0.3) is 10.9 Å². The molecule has 5 rings (SSSR count). The fraction of sp³-hybridized carbons (Fsp3) is 0.310. The summed E-state index contributed by atoms with van der Waals surface area (Å²) >= 11 is 0. The molecular formula is C29H27N3O. The lowest BCUT2D eigenvalue weighted by molar-refractivity contribution is 0.0108. The van der Waals surface area contributed by atoms with Crippen molar-refractivity contribution < 1.29 is 4.74 Å². The summed E-state index contributed by atoms with van der Waals surface area (Å²) in [5, 5.41) is 9.50. The van der Waals surface area contributed by atoms with Crippen LogP contribution in [0.5, 0.6) is 0 Å². The summed E-state index contributed by atoms with van der Waals surface area (Å²) in [5.41, 5.74) is 5.46. The summed E-state index contributed by atoms with van der Waals surface area (Å²) in [5.74, 6) is 0.709. The second-order valence-electron chi connectivity index (χ2n) is 9.20. The van der Waals surface area contributed by atoms with Gasteiger partial charge in [-0.3, -0.25) is 0 Å². The molecule has 0 bridgehead atoms. The molecule has 0 amide bonds. The first-order valence-corrected chi connectivity index (χ1v) is 11.7. The number of nitriles is 1. The van der Waals surface area contributed by atoms with Crippen LogP contribution in [0, 0.1) is 17.9 Å². The Balaban J connectivity index is 1.39. The third-order valence-electron chi connectivity index (χ3n) is 6.88. The number of piperidine rings is 1. The average molecular weight is 434 g/mol. The van der Waals surface area contributed by atoms with Crippen molar-refractivity contribution in [2.24, 2.45) is 0 Å². The molecule has 0 N–H and O–H groups in total. The van der Waals surface area contributed by atoms with E-state index in [0.717, 1.165) is 37.1 Å². The Bertz CT molecular complexity index is 1170. The zero-order chi connectivity index (χ0) is 22.7. The number of fused-ring (bicyclic) bond motifs is 1. The maximum Gasteiger partial charge on any atom is 0.265 e. The number of hydrogen-bond donors (Lipinski definition) is 0. The molecule has 4 nitrogen and oxygen atoms in total. The van der Waals surface area contributed by atoms with E-state index in [2.05, 4.69) is 70.4 Å². The number of allylic oxidation sites excluding steroid dienone is 3. The smallest absolute Gasteiger partial charge is 0.265 e. The SMILES string of the molecule is [C-]#[N+]/C(C#N)=C1C=C(/C=C/c2ccc(N3CCCCC3)cc2)OC2(C\1)Cc1ccccc1C2. The van der Waals surface area contributed by atoms with Crippen LogP contribution in [0.3, 0.4) is 0 Å². The van der Waals surface area contributed by atoms with Gasteiger partial charge in [-0.2, -0.15) is 0 Å². The monoisotopic (exact) mass is 433 g/mol. The van der Waals surface area contributed by atoms with E-state index in [1.165, 1.54) is 36.1 Å². The minimum atomic E-state index is -0.432. The van der Waals surface area contributed by atoms with Crippen molar-refractivity contribution in [3.63, 3.8) is 0 Å². The van der Waals surface area contributed by atoms with Crippen LogP contribution < -0.4 is 4.90 Å². The number of anilines is 1. The molecular weight excluding hydrogens is 406 g/mol. The molecule has 2 aliphatic heterocycles. The van der Waals surface area contributed by atoms with Crippen molar-refractivity contribution in [2.75, 3.05) is 18.0 Å². The van der Waals surface area contributed by atoms with Crippen LogP contribution in [0.2, 0.25) is 0 Å². The van der Waals surface area contributed by atoms with Gasteiger partial charge in [0, 0.05) is 38.0 Å². The van der Waals surface area contributed by atoms with Crippen molar-refractivity contribution in [1.29, 1.82) is 5.26 Å². The van der Waals surface area contributed by atoms with E-state index in [1.54, 1.807) is 0 Å². The minimum Gasteiger partial charge on any atom is -0.486 e. The third-order valence-corrected chi connectivity index (χ3v) is 6.88. The molecule has 1 spiro atoms. The van der Waals surface area contributed by atoms with Crippen LogP contribution in [0.1, 0.15) is 42.4 Å². The summed E-state index contributed by atoms with van der Waals surface area (Å²) < 4.78 is 6.55. The summed E-state index contributed by atoms with van der Waals surface area (Å²) in [6, 6.07) is 19.1. The van der Waals surface area contributed by atoms with Crippen LogP contribution in [-0.4, -0.2) is 18.7 Å². The Morgan fingerprint density at radius 3 is 2.30 bits per heavy atom. The highest BCUT2D eigenvalue weighted by Crippen LogP contribution is 2.43. The molecule has 0 aromatic heterocycles. The molecule has 2 aromatic rings. The first kappa shape index (κ1) is 21.1. The van der Waals surface area contributed by atoms with Gasteiger partial charge in [-0.1, -0.05) is 42.5 Å². The molecule has 0 radical (unpaired) electrons. The molecule has 0 atom stereocenters. The quantitative estimate of drug-likeness (QED) is 0.426. The average Bonchev–Trinajstić information content (AvgIpc) is 3.21. The Labute approximate surface area is 195 Å². The van der Waals surface area contributed by atoms with Crippen LogP contribution >= 0.6 is 0 Å². The topological polar surface area (TPSA) is 40.6 Å². The summed E-state index contributed by atoms with van der Waals surface area (Å²) in [6.07, 6.45) is 11.9. The molecule has 1 aliphatic carbocycles. The van der Waals surface area contributed by atoms with Gasteiger partial charge in [0.1, 0.15) is 11.4 Å². The van der Waals surface area contributed by atoms with Crippen molar-refractivity contribution in [3.8, 4) is 6.07 Å². The molecule has 2 heterocycles. The lowest BCUT2D eigenvalue weighted by Crippen LogP contribution is -2.36. The first-order valence-electron chi connectivity index (χ1n) is 11.7. The van der Waals surface area contributed by atoms with Crippen molar-refractivity contribution in [3.05, 3.63) is 106 Å². The second-order valence-corrected chi connectivity index (χ2v) is 9.20. The largest absolute Gasteiger partial charge is 0.486 e. The summed E-state index contributed by atoms with van der Waals surface area (Å²) in [4.78, 5) is 5.93. The van der Waals surface area contributed by atoms with E-state index in [-0.39, 0.29) is 5.70 Å². The molecule has 33 heavy (non-hydrogen) atoms. The maximum atomic E-state index is 9.50. The Morgan fingerprint density at radius 1 is 0.970 bits per heavy atom. The van der Waals surface area contributed by atoms with Gasteiger partial charge in [0.15, 0.2) is 0 Å². The van der Waals surface area contributed by atoms with Crippen LogP contribution in [-0.2, 0) is 17.6 Å². The van der Waals surface area contributed by atoms with Gasteiger partial charge < -0.3 is 9.64 Å². The Hall–Kier alpha value is -3.76. The lowest BCUT2D eigenvalue weighted by atomic mass is 9.87. The van der Waals surface area contributed by atoms with Gasteiger partial charge in [-0.05, 0) is 65.8 Å². The zero-order valence-electron chi connectivity index (χ0n) is 18.8. The summed E-state index contributed by atoms with van der Waals surface area (Å²) in [7, 11) is 0. The van der Waals surface area contributed by atoms with E-state index in [4.69, 9.17) is 11.3 Å². The van der Waals surface area contributed by atoms with E-state index in [0.29, 0.717) is 12.2 Å². The minimum absolute atomic E-state index is 0.158. The second kappa shape index (κ2) is 9.00. The third kappa shape index (κ3) is 4.43. The molecule has 0 saturated carbocycles. The fourth-order valence-corrected chi connectivity index (χ4v) is 5.27. The number of hydrogen-bond acceptors (Lipinski definition) is 3. The van der Waals surface area contributed by atoms with E-state index < -0.39 is 5.60 Å². The van der Waals surface area contributed by atoms with E-state index >= 15 is 0 Å². The van der Waals surface area contributed by atoms with Gasteiger partial charge in [-0.15, -0.1) is 0 Å². The zero-order valence-corrected chi connectivity index (χ0v) is 18.8. The normalized spacial score (nSPS) is 20.5. The predicted molar refractivity (Wildman–Crippen MR) is 131 cm³/mol. The molecule has 2 aromatic carbocycles. The number of benzene rings is 2. The van der Waals surface area contributed by atoms with Gasteiger partial charge in [0.25, 0.3) is 5.70 Å². The highest BCUT2D eigenvalue weighted by molar-refractivity contribution is 5.58. The maximum absolute atomic E-state index is 9.50.